The maximum Gasteiger partial charge on any atom is 0.0273 e. The SMILES string of the molecule is c1cc2cc(-c3ccncc3)c3cccc4cc(-c5ccncc5)c(c1)c2c43. The lowest BCUT2D eigenvalue weighted by molar-refractivity contribution is 1.33. The fraction of sp³-hybridized carbons (Fsp3) is 0. The summed E-state index contributed by atoms with van der Waals surface area (Å²) in [4.78, 5) is 8.37. The molecular formula is C26H16N2. The minimum atomic E-state index is 1.20. The summed E-state index contributed by atoms with van der Waals surface area (Å²) in [7, 11) is 0. The molecule has 0 aliphatic heterocycles. The van der Waals surface area contributed by atoms with Crippen molar-refractivity contribution in [2.24, 2.45) is 0 Å². The van der Waals surface area contributed by atoms with Crippen molar-refractivity contribution in [3.63, 3.8) is 0 Å². The molecule has 0 saturated carbocycles. The third kappa shape index (κ3) is 2.15. The molecule has 0 bridgehead atoms. The molecule has 0 unspecified atom stereocenters. The van der Waals surface area contributed by atoms with Gasteiger partial charge in [-0.15, -0.1) is 0 Å². The zero-order valence-electron chi connectivity index (χ0n) is 15.1. The van der Waals surface area contributed by atoms with E-state index in [9.17, 15) is 0 Å². The number of hydrogen-bond donors (Lipinski definition) is 0. The van der Waals surface area contributed by atoms with Gasteiger partial charge in [0, 0.05) is 24.8 Å². The van der Waals surface area contributed by atoms with Gasteiger partial charge in [-0.1, -0.05) is 36.4 Å². The van der Waals surface area contributed by atoms with E-state index >= 15 is 0 Å². The fourth-order valence-corrected chi connectivity index (χ4v) is 4.39. The number of nitrogens with zero attached hydrogens (tertiary/aromatic N) is 2. The lowest BCUT2D eigenvalue weighted by Crippen LogP contribution is -1.90. The number of benzene rings is 4. The molecule has 2 aromatic heterocycles. The molecule has 0 saturated heterocycles. The van der Waals surface area contributed by atoms with E-state index in [1.54, 1.807) is 0 Å². The Balaban J connectivity index is 1.81. The van der Waals surface area contributed by atoms with Crippen molar-refractivity contribution in [2.45, 2.75) is 0 Å². The molecule has 28 heavy (non-hydrogen) atoms. The molecule has 0 spiro atoms. The quantitative estimate of drug-likeness (QED) is 0.322. The zero-order chi connectivity index (χ0) is 18.5. The Morgan fingerprint density at radius 1 is 0.464 bits per heavy atom. The van der Waals surface area contributed by atoms with E-state index in [-0.39, 0.29) is 0 Å². The summed E-state index contributed by atoms with van der Waals surface area (Å²) in [6.07, 6.45) is 7.44. The van der Waals surface area contributed by atoms with Crippen LogP contribution in [0.1, 0.15) is 0 Å². The van der Waals surface area contributed by atoms with Gasteiger partial charge in [0.15, 0.2) is 0 Å². The van der Waals surface area contributed by atoms with Crippen LogP contribution in [0.5, 0.6) is 0 Å². The van der Waals surface area contributed by atoms with E-state index in [0.717, 1.165) is 0 Å². The Labute approximate surface area is 162 Å². The minimum absolute atomic E-state index is 1.20. The van der Waals surface area contributed by atoms with Crippen LogP contribution in [0.3, 0.4) is 0 Å². The molecule has 0 N–H and O–H groups in total. The number of hydrogen-bond acceptors (Lipinski definition) is 2. The second-order valence-electron chi connectivity index (χ2n) is 7.13. The smallest absolute Gasteiger partial charge is 0.0273 e. The fourth-order valence-electron chi connectivity index (χ4n) is 4.39. The molecule has 0 atom stereocenters. The van der Waals surface area contributed by atoms with Gasteiger partial charge < -0.3 is 0 Å². The van der Waals surface area contributed by atoms with Crippen molar-refractivity contribution in [1.29, 1.82) is 0 Å². The molecule has 0 radical (unpaired) electrons. The van der Waals surface area contributed by atoms with E-state index in [1.807, 2.05) is 24.8 Å². The molecule has 2 heterocycles. The van der Waals surface area contributed by atoms with E-state index in [4.69, 9.17) is 0 Å². The minimum Gasteiger partial charge on any atom is -0.265 e. The van der Waals surface area contributed by atoms with Crippen LogP contribution in [0.2, 0.25) is 0 Å². The van der Waals surface area contributed by atoms with Gasteiger partial charge in [0.25, 0.3) is 0 Å². The standard InChI is InChI=1S/C26H16N2/c1-3-19-15-24(18-9-13-28-14-10-18)22-6-2-4-20-16-23(17-7-11-27-12-8-17)21(5-1)25(19)26(20)22/h1-16H. The van der Waals surface area contributed by atoms with Crippen LogP contribution in [-0.4, -0.2) is 9.97 Å². The van der Waals surface area contributed by atoms with Crippen molar-refractivity contribution >= 4 is 32.3 Å². The first-order chi connectivity index (χ1) is 13.9. The molecule has 130 valence electrons. The van der Waals surface area contributed by atoms with Gasteiger partial charge in [-0.25, -0.2) is 0 Å². The first-order valence-corrected chi connectivity index (χ1v) is 9.41. The molecule has 0 aliphatic rings. The third-order valence-corrected chi connectivity index (χ3v) is 5.61. The molecule has 6 aromatic rings. The van der Waals surface area contributed by atoms with Gasteiger partial charge in [0.05, 0.1) is 0 Å². The molecule has 0 aliphatic carbocycles. The van der Waals surface area contributed by atoms with E-state index in [1.165, 1.54) is 54.6 Å². The summed E-state index contributed by atoms with van der Waals surface area (Å²) in [5.74, 6) is 0. The van der Waals surface area contributed by atoms with Gasteiger partial charge in [-0.2, -0.15) is 0 Å². The normalized spacial score (nSPS) is 11.6. The molecule has 2 nitrogen and oxygen atoms in total. The van der Waals surface area contributed by atoms with Crippen LogP contribution in [0.25, 0.3) is 54.6 Å². The maximum absolute atomic E-state index is 4.19. The first-order valence-electron chi connectivity index (χ1n) is 9.41. The van der Waals surface area contributed by atoms with Crippen LogP contribution >= 0.6 is 0 Å². The Bertz CT molecular complexity index is 1320. The average Bonchev–Trinajstić information content (AvgIpc) is 2.78. The highest BCUT2D eigenvalue weighted by molar-refractivity contribution is 6.28. The Kier molecular flexibility index (Phi) is 3.20. The number of pyridine rings is 2. The lowest BCUT2D eigenvalue weighted by Gasteiger charge is -2.17. The van der Waals surface area contributed by atoms with Gasteiger partial charge >= 0.3 is 0 Å². The van der Waals surface area contributed by atoms with E-state index in [0.29, 0.717) is 0 Å². The number of aromatic nitrogens is 2. The Hall–Kier alpha value is -3.78. The van der Waals surface area contributed by atoms with Crippen LogP contribution in [0, 0.1) is 0 Å². The van der Waals surface area contributed by atoms with Crippen LogP contribution in [0.15, 0.2) is 97.6 Å². The predicted molar refractivity (Wildman–Crippen MR) is 117 cm³/mol. The van der Waals surface area contributed by atoms with Crippen LogP contribution < -0.4 is 0 Å². The van der Waals surface area contributed by atoms with E-state index < -0.39 is 0 Å². The molecular weight excluding hydrogens is 340 g/mol. The molecule has 0 fully saturated rings. The molecule has 0 amide bonds. The highest BCUT2D eigenvalue weighted by Gasteiger charge is 2.15. The maximum atomic E-state index is 4.19. The van der Waals surface area contributed by atoms with Crippen LogP contribution in [0.4, 0.5) is 0 Å². The topological polar surface area (TPSA) is 25.8 Å². The van der Waals surface area contributed by atoms with Crippen molar-refractivity contribution in [2.75, 3.05) is 0 Å². The summed E-state index contributed by atoms with van der Waals surface area (Å²) < 4.78 is 0. The highest BCUT2D eigenvalue weighted by atomic mass is 14.6. The summed E-state index contributed by atoms with van der Waals surface area (Å²) >= 11 is 0. The summed E-state index contributed by atoms with van der Waals surface area (Å²) in [5.41, 5.74) is 4.90. The summed E-state index contributed by atoms with van der Waals surface area (Å²) in [6, 6.07) is 26.2. The number of rotatable bonds is 2. The summed E-state index contributed by atoms with van der Waals surface area (Å²) in [6.45, 7) is 0. The first kappa shape index (κ1) is 15.3. The Morgan fingerprint density at radius 3 is 1.32 bits per heavy atom. The molecule has 6 rings (SSSR count). The van der Waals surface area contributed by atoms with Crippen molar-refractivity contribution in [3.05, 3.63) is 97.6 Å². The molecule has 4 aromatic carbocycles. The van der Waals surface area contributed by atoms with Crippen LogP contribution in [-0.2, 0) is 0 Å². The largest absolute Gasteiger partial charge is 0.265 e. The van der Waals surface area contributed by atoms with E-state index in [2.05, 4.69) is 82.8 Å². The Morgan fingerprint density at radius 2 is 0.893 bits per heavy atom. The van der Waals surface area contributed by atoms with Crippen molar-refractivity contribution in [3.8, 4) is 22.3 Å². The summed E-state index contributed by atoms with van der Waals surface area (Å²) in [5, 5.41) is 7.77. The lowest BCUT2D eigenvalue weighted by atomic mass is 9.86. The average molecular weight is 356 g/mol. The van der Waals surface area contributed by atoms with Gasteiger partial charge in [-0.05, 0) is 91.0 Å². The zero-order valence-corrected chi connectivity index (χ0v) is 15.1. The second-order valence-corrected chi connectivity index (χ2v) is 7.13. The highest BCUT2D eigenvalue weighted by Crippen LogP contribution is 2.43. The van der Waals surface area contributed by atoms with Crippen molar-refractivity contribution in [1.82, 2.24) is 9.97 Å². The monoisotopic (exact) mass is 356 g/mol. The van der Waals surface area contributed by atoms with Gasteiger partial charge in [-0.3, -0.25) is 9.97 Å². The second kappa shape index (κ2) is 5.86. The molecule has 2 heteroatoms. The van der Waals surface area contributed by atoms with Gasteiger partial charge in [0.2, 0.25) is 0 Å². The predicted octanol–water partition coefficient (Wildman–Crippen LogP) is 6.71. The van der Waals surface area contributed by atoms with Gasteiger partial charge in [0.1, 0.15) is 0 Å². The van der Waals surface area contributed by atoms with Crippen molar-refractivity contribution < 1.29 is 0 Å². The third-order valence-electron chi connectivity index (χ3n) is 5.61.